The van der Waals surface area contributed by atoms with Gasteiger partial charge in [0.25, 0.3) is 5.69 Å². The molecule has 3 rings (SSSR count). The fraction of sp³-hybridized carbons (Fsp3) is 0.318. The maximum atomic E-state index is 11.2. The number of aromatic nitrogens is 3. The second kappa shape index (κ2) is 11.4. The molecule has 9 nitrogen and oxygen atoms in total. The summed E-state index contributed by atoms with van der Waals surface area (Å²) in [5.74, 6) is 0.393. The molecule has 1 unspecified atom stereocenters. The maximum Gasteiger partial charge on any atom is 0.269 e. The number of nitrogens with one attached hydrogen (secondary N) is 2. The van der Waals surface area contributed by atoms with E-state index in [0.717, 1.165) is 42.6 Å². The minimum atomic E-state index is -0.371. The van der Waals surface area contributed by atoms with Crippen LogP contribution in [-0.2, 0) is 6.42 Å². The summed E-state index contributed by atoms with van der Waals surface area (Å²) in [6.45, 7) is 1.30. The molecule has 0 bridgehead atoms. The van der Waals surface area contributed by atoms with Gasteiger partial charge < -0.3 is 16.0 Å². The molecule has 0 fully saturated rings. The number of rotatable bonds is 11. The zero-order valence-corrected chi connectivity index (χ0v) is 17.3. The first kappa shape index (κ1) is 21.9. The van der Waals surface area contributed by atoms with Crippen molar-refractivity contribution in [2.24, 2.45) is 10.7 Å². The summed E-state index contributed by atoms with van der Waals surface area (Å²) in [7, 11) is 0. The highest BCUT2D eigenvalue weighted by molar-refractivity contribution is 5.77. The van der Waals surface area contributed by atoms with Gasteiger partial charge in [-0.2, -0.15) is 0 Å². The largest absolute Gasteiger partial charge is 0.370 e. The van der Waals surface area contributed by atoms with Crippen molar-refractivity contribution in [2.45, 2.75) is 31.6 Å². The number of H-pyrrole nitrogens is 1. The van der Waals surface area contributed by atoms with E-state index in [1.807, 2.05) is 30.5 Å². The van der Waals surface area contributed by atoms with Crippen molar-refractivity contribution in [1.29, 1.82) is 0 Å². The van der Waals surface area contributed by atoms with Crippen LogP contribution in [0.1, 0.15) is 42.1 Å². The molecule has 0 saturated carbocycles. The number of hydrogen-bond acceptors (Lipinski definition) is 5. The van der Waals surface area contributed by atoms with Crippen molar-refractivity contribution in [3.05, 3.63) is 88.3 Å². The Bertz CT molecular complexity index is 975. The van der Waals surface area contributed by atoms with E-state index < -0.39 is 0 Å². The van der Waals surface area contributed by atoms with Crippen LogP contribution in [-0.4, -0.2) is 38.9 Å². The molecule has 3 aromatic rings. The summed E-state index contributed by atoms with van der Waals surface area (Å²) < 4.78 is 0. The van der Waals surface area contributed by atoms with Gasteiger partial charge in [0.2, 0.25) is 0 Å². The van der Waals surface area contributed by atoms with E-state index in [1.54, 1.807) is 24.7 Å². The summed E-state index contributed by atoms with van der Waals surface area (Å²) in [5.41, 5.74) is 8.90. The summed E-state index contributed by atoms with van der Waals surface area (Å²) in [5, 5.41) is 14.3. The molecule has 0 radical (unpaired) electrons. The molecule has 0 amide bonds. The lowest BCUT2D eigenvalue weighted by Crippen LogP contribution is -2.32. The Morgan fingerprint density at radius 3 is 2.90 bits per heavy atom. The number of nitrogens with two attached hydrogens (primary N) is 1. The molecule has 162 valence electrons. The molecular formula is C22H27N7O2. The first-order chi connectivity index (χ1) is 15.1. The monoisotopic (exact) mass is 421 g/mol. The van der Waals surface area contributed by atoms with Crippen LogP contribution in [0, 0.1) is 10.1 Å². The lowest BCUT2D eigenvalue weighted by Gasteiger charge is -2.17. The third-order valence-corrected chi connectivity index (χ3v) is 4.95. The molecule has 1 atom stereocenters. The standard InChI is InChI=1S/C22H27N7O2/c23-22(26-12-4-7-18-15-24-16-28-18)27-13-5-9-20(21-10-1-2-11-25-21)17-6-3-8-19(14-17)29(30)31/h1-3,6,8,10-11,14-16,20H,4-5,7,9,12-13H2,(H,24,28)(H3,23,26,27). The number of aromatic amines is 1. The van der Waals surface area contributed by atoms with Crippen LogP contribution in [0.2, 0.25) is 0 Å². The van der Waals surface area contributed by atoms with E-state index in [2.05, 4.69) is 25.3 Å². The average Bonchev–Trinajstić information content (AvgIpc) is 3.31. The van der Waals surface area contributed by atoms with Crippen molar-refractivity contribution >= 4 is 11.6 Å². The highest BCUT2D eigenvalue weighted by Crippen LogP contribution is 2.29. The van der Waals surface area contributed by atoms with Crippen molar-refractivity contribution in [1.82, 2.24) is 20.3 Å². The number of aliphatic imine (C=N–C) groups is 1. The summed E-state index contributed by atoms with van der Waals surface area (Å²) in [6.07, 6.45) is 8.58. The van der Waals surface area contributed by atoms with Crippen LogP contribution in [0.5, 0.6) is 0 Å². The lowest BCUT2D eigenvalue weighted by molar-refractivity contribution is -0.384. The Morgan fingerprint density at radius 2 is 2.16 bits per heavy atom. The number of aryl methyl sites for hydroxylation is 1. The molecule has 0 saturated heterocycles. The van der Waals surface area contributed by atoms with Crippen molar-refractivity contribution in [3.63, 3.8) is 0 Å². The molecule has 1 aromatic carbocycles. The van der Waals surface area contributed by atoms with E-state index in [4.69, 9.17) is 5.73 Å². The first-order valence-corrected chi connectivity index (χ1v) is 10.3. The fourth-order valence-corrected chi connectivity index (χ4v) is 3.39. The molecule has 4 N–H and O–H groups in total. The van der Waals surface area contributed by atoms with E-state index in [0.29, 0.717) is 19.0 Å². The average molecular weight is 422 g/mol. The van der Waals surface area contributed by atoms with E-state index in [1.165, 1.54) is 6.07 Å². The molecule has 2 aromatic heterocycles. The third-order valence-electron chi connectivity index (χ3n) is 4.95. The number of guanidine groups is 1. The van der Waals surface area contributed by atoms with Crippen LogP contribution < -0.4 is 11.1 Å². The molecule has 2 heterocycles. The van der Waals surface area contributed by atoms with Crippen LogP contribution in [0.3, 0.4) is 0 Å². The van der Waals surface area contributed by atoms with Gasteiger partial charge in [-0.25, -0.2) is 4.98 Å². The van der Waals surface area contributed by atoms with E-state index in [-0.39, 0.29) is 16.5 Å². The fourth-order valence-electron chi connectivity index (χ4n) is 3.39. The van der Waals surface area contributed by atoms with Crippen LogP contribution >= 0.6 is 0 Å². The molecule has 0 aliphatic carbocycles. The molecule has 0 aliphatic heterocycles. The predicted octanol–water partition coefficient (Wildman–Crippen LogP) is 3.16. The number of pyridine rings is 1. The second-order valence-electron chi connectivity index (χ2n) is 7.18. The van der Waals surface area contributed by atoms with Crippen molar-refractivity contribution in [3.8, 4) is 0 Å². The van der Waals surface area contributed by atoms with Gasteiger partial charge in [0.1, 0.15) is 0 Å². The smallest absolute Gasteiger partial charge is 0.269 e. The van der Waals surface area contributed by atoms with Crippen LogP contribution in [0.25, 0.3) is 0 Å². The Labute approximate surface area is 181 Å². The first-order valence-electron chi connectivity index (χ1n) is 10.3. The normalized spacial score (nSPS) is 12.5. The minimum Gasteiger partial charge on any atom is -0.370 e. The lowest BCUT2D eigenvalue weighted by atomic mass is 9.90. The Hall–Kier alpha value is -3.75. The third kappa shape index (κ3) is 6.91. The number of non-ortho nitro benzene ring substituents is 1. The number of imidazole rings is 1. The molecule has 0 aliphatic rings. The van der Waals surface area contributed by atoms with Crippen molar-refractivity contribution < 1.29 is 4.92 Å². The summed E-state index contributed by atoms with van der Waals surface area (Å²) >= 11 is 0. The van der Waals surface area contributed by atoms with Gasteiger partial charge in [-0.05, 0) is 43.4 Å². The Balaban J connectivity index is 1.52. The Kier molecular flexibility index (Phi) is 8.10. The Morgan fingerprint density at radius 1 is 1.26 bits per heavy atom. The van der Waals surface area contributed by atoms with Crippen LogP contribution in [0.15, 0.2) is 66.2 Å². The van der Waals surface area contributed by atoms with Gasteiger partial charge in [-0.1, -0.05) is 18.2 Å². The summed E-state index contributed by atoms with van der Waals surface area (Å²) in [6, 6.07) is 12.5. The van der Waals surface area contributed by atoms with Crippen LogP contribution in [0.4, 0.5) is 5.69 Å². The van der Waals surface area contributed by atoms with Gasteiger partial charge in [-0.3, -0.25) is 20.1 Å². The van der Waals surface area contributed by atoms with Crippen molar-refractivity contribution in [2.75, 3.05) is 13.1 Å². The molecular weight excluding hydrogens is 394 g/mol. The molecule has 0 spiro atoms. The van der Waals surface area contributed by atoms with Gasteiger partial charge in [0, 0.05) is 54.9 Å². The van der Waals surface area contributed by atoms with Gasteiger partial charge in [0.15, 0.2) is 5.96 Å². The number of nitro groups is 1. The highest BCUT2D eigenvalue weighted by atomic mass is 16.6. The number of nitro benzene ring substituents is 1. The predicted molar refractivity (Wildman–Crippen MR) is 120 cm³/mol. The number of benzene rings is 1. The van der Waals surface area contributed by atoms with Gasteiger partial charge in [0.05, 0.1) is 11.3 Å². The van der Waals surface area contributed by atoms with Gasteiger partial charge >= 0.3 is 0 Å². The number of hydrogen-bond donors (Lipinski definition) is 3. The van der Waals surface area contributed by atoms with Gasteiger partial charge in [-0.15, -0.1) is 0 Å². The minimum absolute atomic E-state index is 0.0320. The molecule has 9 heteroatoms. The quantitative estimate of drug-likeness (QED) is 0.143. The number of nitrogens with zero attached hydrogens (tertiary/aromatic N) is 4. The zero-order valence-electron chi connectivity index (χ0n) is 17.3. The second-order valence-corrected chi connectivity index (χ2v) is 7.18. The molecule has 31 heavy (non-hydrogen) atoms. The highest BCUT2D eigenvalue weighted by Gasteiger charge is 2.18. The zero-order chi connectivity index (χ0) is 21.9. The van der Waals surface area contributed by atoms with E-state index in [9.17, 15) is 10.1 Å². The topological polar surface area (TPSA) is 135 Å². The SMILES string of the molecule is NC(=NCCCc1cnc[nH]1)NCCCC(c1cccc([N+](=O)[O-])c1)c1ccccn1. The summed E-state index contributed by atoms with van der Waals surface area (Å²) in [4.78, 5) is 26.7. The maximum absolute atomic E-state index is 11.2. The van der Waals surface area contributed by atoms with E-state index >= 15 is 0 Å².